The molecular formula is C15H26N4O2. The number of piperidine rings is 1. The third kappa shape index (κ3) is 4.28. The van der Waals surface area contributed by atoms with Crippen molar-refractivity contribution in [3.8, 4) is 0 Å². The fourth-order valence-electron chi connectivity index (χ4n) is 2.95. The van der Waals surface area contributed by atoms with Crippen molar-refractivity contribution in [2.45, 2.75) is 33.2 Å². The molecule has 1 fully saturated rings. The Bertz CT molecular complexity index is 473. The first-order valence-corrected chi connectivity index (χ1v) is 7.52. The van der Waals surface area contributed by atoms with Gasteiger partial charge in [0.05, 0.1) is 12.3 Å². The zero-order valence-corrected chi connectivity index (χ0v) is 13.2. The van der Waals surface area contributed by atoms with Crippen LogP contribution in [0, 0.1) is 19.3 Å². The van der Waals surface area contributed by atoms with Crippen molar-refractivity contribution in [1.29, 1.82) is 0 Å². The molecule has 6 heteroatoms. The summed E-state index contributed by atoms with van der Waals surface area (Å²) in [5.74, 6) is 0.00945. The summed E-state index contributed by atoms with van der Waals surface area (Å²) in [5.41, 5.74) is 2.01. The van der Waals surface area contributed by atoms with E-state index >= 15 is 0 Å². The first-order chi connectivity index (χ1) is 10.0. The van der Waals surface area contributed by atoms with E-state index in [-0.39, 0.29) is 17.9 Å². The number of carbonyl (C=O) groups excluding carboxylic acids is 1. The van der Waals surface area contributed by atoms with Crippen LogP contribution < -0.4 is 10.6 Å². The molecule has 0 aromatic carbocycles. The van der Waals surface area contributed by atoms with Crippen LogP contribution in [0.4, 0.5) is 0 Å². The lowest BCUT2D eigenvalue weighted by Gasteiger charge is -2.37. The van der Waals surface area contributed by atoms with Crippen molar-refractivity contribution in [3.63, 3.8) is 0 Å². The van der Waals surface area contributed by atoms with E-state index in [1.54, 1.807) is 11.8 Å². The Kier molecular flexibility index (Phi) is 5.36. The summed E-state index contributed by atoms with van der Waals surface area (Å²) in [6.07, 6.45) is 2.06. The van der Waals surface area contributed by atoms with E-state index < -0.39 is 0 Å². The Morgan fingerprint density at radius 2 is 2.19 bits per heavy atom. The third-order valence-corrected chi connectivity index (χ3v) is 4.17. The average Bonchev–Trinajstić information content (AvgIpc) is 2.76. The van der Waals surface area contributed by atoms with E-state index in [9.17, 15) is 4.79 Å². The number of aromatic nitrogens is 2. The van der Waals surface area contributed by atoms with Crippen LogP contribution in [0.15, 0.2) is 6.07 Å². The molecule has 6 nitrogen and oxygen atoms in total. The third-order valence-electron chi connectivity index (χ3n) is 4.17. The Hall–Kier alpha value is -1.40. The number of rotatable bonds is 6. The van der Waals surface area contributed by atoms with Gasteiger partial charge in [-0.15, -0.1) is 0 Å². The highest BCUT2D eigenvalue weighted by Crippen LogP contribution is 2.28. The van der Waals surface area contributed by atoms with Gasteiger partial charge in [0.1, 0.15) is 6.54 Å². The number of nitrogens with zero attached hydrogens (tertiary/aromatic N) is 2. The maximum atomic E-state index is 12.1. The normalized spacial score (nSPS) is 17.7. The molecule has 2 heterocycles. The van der Waals surface area contributed by atoms with Gasteiger partial charge in [0.25, 0.3) is 0 Å². The van der Waals surface area contributed by atoms with E-state index in [2.05, 4.69) is 15.7 Å². The number of hydrogen-bond donors (Lipinski definition) is 2. The topological polar surface area (TPSA) is 68.2 Å². The molecule has 0 spiro atoms. The molecule has 1 saturated heterocycles. The molecule has 21 heavy (non-hydrogen) atoms. The molecule has 0 atom stereocenters. The lowest BCUT2D eigenvalue weighted by Crippen LogP contribution is -2.47. The predicted molar refractivity (Wildman–Crippen MR) is 81.1 cm³/mol. The number of methoxy groups -OCH3 is 1. The maximum absolute atomic E-state index is 12.1. The van der Waals surface area contributed by atoms with Crippen molar-refractivity contribution in [2.24, 2.45) is 5.41 Å². The van der Waals surface area contributed by atoms with Gasteiger partial charge in [-0.05, 0) is 45.8 Å². The lowest BCUT2D eigenvalue weighted by molar-refractivity contribution is -0.122. The van der Waals surface area contributed by atoms with Crippen LogP contribution in [0.2, 0.25) is 0 Å². The quantitative estimate of drug-likeness (QED) is 0.807. The van der Waals surface area contributed by atoms with Gasteiger partial charge >= 0.3 is 0 Å². The Labute approximate surface area is 126 Å². The molecule has 0 aliphatic carbocycles. The van der Waals surface area contributed by atoms with Gasteiger partial charge in [-0.3, -0.25) is 9.48 Å². The Morgan fingerprint density at radius 1 is 1.48 bits per heavy atom. The van der Waals surface area contributed by atoms with Gasteiger partial charge in [0.15, 0.2) is 0 Å². The predicted octanol–water partition coefficient (Wildman–Crippen LogP) is 0.632. The molecule has 1 aromatic heterocycles. The first kappa shape index (κ1) is 16.0. The van der Waals surface area contributed by atoms with Crippen LogP contribution in [0.1, 0.15) is 24.2 Å². The van der Waals surface area contributed by atoms with Gasteiger partial charge in [0.2, 0.25) is 5.91 Å². The van der Waals surface area contributed by atoms with E-state index in [1.165, 1.54) is 0 Å². The standard InChI is InChI=1S/C15H26N4O2/c1-12-8-13(2)19(18-12)9-14(20)17-10-15(11-21-3)4-6-16-7-5-15/h8,16H,4-7,9-11H2,1-3H3,(H,17,20). The first-order valence-electron chi connectivity index (χ1n) is 7.52. The second kappa shape index (κ2) is 7.04. The largest absolute Gasteiger partial charge is 0.384 e. The second-order valence-electron chi connectivity index (χ2n) is 6.04. The number of amides is 1. The van der Waals surface area contributed by atoms with Gasteiger partial charge < -0.3 is 15.4 Å². The fourth-order valence-corrected chi connectivity index (χ4v) is 2.95. The maximum Gasteiger partial charge on any atom is 0.241 e. The number of hydrogen-bond acceptors (Lipinski definition) is 4. The van der Waals surface area contributed by atoms with Crippen LogP contribution in [0.25, 0.3) is 0 Å². The Balaban J connectivity index is 1.88. The number of aryl methyl sites for hydroxylation is 2. The van der Waals surface area contributed by atoms with Gasteiger partial charge in [-0.2, -0.15) is 5.10 Å². The van der Waals surface area contributed by atoms with E-state index in [4.69, 9.17) is 4.74 Å². The summed E-state index contributed by atoms with van der Waals surface area (Å²) in [7, 11) is 1.72. The summed E-state index contributed by atoms with van der Waals surface area (Å²) >= 11 is 0. The molecular weight excluding hydrogens is 268 g/mol. The minimum atomic E-state index is 0.00945. The van der Waals surface area contributed by atoms with Crippen LogP contribution >= 0.6 is 0 Å². The lowest BCUT2D eigenvalue weighted by atomic mass is 9.79. The highest BCUT2D eigenvalue weighted by atomic mass is 16.5. The molecule has 2 N–H and O–H groups in total. The van der Waals surface area contributed by atoms with Gasteiger partial charge in [-0.1, -0.05) is 0 Å². The average molecular weight is 294 g/mol. The van der Waals surface area contributed by atoms with Crippen LogP contribution in [-0.2, 0) is 16.1 Å². The molecule has 0 radical (unpaired) electrons. The monoisotopic (exact) mass is 294 g/mol. The highest BCUT2D eigenvalue weighted by molar-refractivity contribution is 5.75. The molecule has 1 aliphatic rings. The molecule has 1 amide bonds. The molecule has 0 unspecified atom stereocenters. The van der Waals surface area contributed by atoms with E-state index in [0.717, 1.165) is 37.3 Å². The van der Waals surface area contributed by atoms with Crippen molar-refractivity contribution in [1.82, 2.24) is 20.4 Å². The zero-order valence-electron chi connectivity index (χ0n) is 13.2. The van der Waals surface area contributed by atoms with Crippen LogP contribution in [0.3, 0.4) is 0 Å². The summed E-state index contributed by atoms with van der Waals surface area (Å²) in [4.78, 5) is 12.1. The highest BCUT2D eigenvalue weighted by Gasteiger charge is 2.32. The number of ether oxygens (including phenoxy) is 1. The molecule has 1 aromatic rings. The molecule has 0 bridgehead atoms. The van der Waals surface area contributed by atoms with Crippen molar-refractivity contribution < 1.29 is 9.53 Å². The SMILES string of the molecule is COCC1(CNC(=O)Cn2nc(C)cc2C)CCNCC1. The zero-order chi connectivity index (χ0) is 15.3. The van der Waals surface area contributed by atoms with Gasteiger partial charge in [-0.25, -0.2) is 0 Å². The molecule has 118 valence electrons. The minimum absolute atomic E-state index is 0.00945. The molecule has 1 aliphatic heterocycles. The van der Waals surface area contributed by atoms with Crippen molar-refractivity contribution in [2.75, 3.05) is 33.4 Å². The van der Waals surface area contributed by atoms with E-state index in [0.29, 0.717) is 13.2 Å². The second-order valence-corrected chi connectivity index (χ2v) is 6.04. The summed E-state index contributed by atoms with van der Waals surface area (Å²) in [6, 6.07) is 1.98. The summed E-state index contributed by atoms with van der Waals surface area (Å²) < 4.78 is 7.11. The number of nitrogens with one attached hydrogen (secondary N) is 2. The van der Waals surface area contributed by atoms with Crippen LogP contribution in [0.5, 0.6) is 0 Å². The van der Waals surface area contributed by atoms with Gasteiger partial charge in [0, 0.05) is 24.8 Å². The molecule has 0 saturated carbocycles. The summed E-state index contributed by atoms with van der Waals surface area (Å²) in [6.45, 7) is 7.50. The van der Waals surface area contributed by atoms with Crippen LogP contribution in [-0.4, -0.2) is 49.0 Å². The smallest absolute Gasteiger partial charge is 0.241 e. The summed E-state index contributed by atoms with van der Waals surface area (Å²) in [5, 5.41) is 10.7. The molecule has 2 rings (SSSR count). The minimum Gasteiger partial charge on any atom is -0.384 e. The van der Waals surface area contributed by atoms with E-state index in [1.807, 2.05) is 19.9 Å². The number of carbonyl (C=O) groups is 1. The Morgan fingerprint density at radius 3 is 2.76 bits per heavy atom. The fraction of sp³-hybridized carbons (Fsp3) is 0.733. The van der Waals surface area contributed by atoms with Crippen molar-refractivity contribution in [3.05, 3.63) is 17.5 Å². The van der Waals surface area contributed by atoms with Crippen molar-refractivity contribution >= 4 is 5.91 Å².